The molecule has 2 aromatic rings. The molecule has 1 aromatic heterocycles. The van der Waals surface area contributed by atoms with Crippen molar-refractivity contribution < 1.29 is 13.2 Å². The molecule has 0 saturated carbocycles. The Morgan fingerprint density at radius 2 is 1.90 bits per heavy atom. The number of rotatable bonds is 6. The minimum Gasteiger partial charge on any atom is -0.317 e. The Morgan fingerprint density at radius 1 is 1.26 bits per heavy atom. The summed E-state index contributed by atoms with van der Waals surface area (Å²) in [6.07, 6.45) is 0.928. The number of nitrogens with one attached hydrogen (secondary N) is 2. The van der Waals surface area contributed by atoms with Crippen LogP contribution >= 0.6 is 22.9 Å². The van der Waals surface area contributed by atoms with Crippen molar-refractivity contribution in [3.05, 3.63) is 45.3 Å². The van der Waals surface area contributed by atoms with Gasteiger partial charge >= 0.3 is 0 Å². The average molecular weight is 480 g/mol. The number of carbonyl (C=O) groups is 1. The summed E-state index contributed by atoms with van der Waals surface area (Å²) < 4.78 is 24.9. The molecule has 1 aliphatic heterocycles. The molecular formula is C22H26ClN3O3S2. The summed E-state index contributed by atoms with van der Waals surface area (Å²) in [6.45, 7) is 8.32. The summed E-state index contributed by atoms with van der Waals surface area (Å²) in [4.78, 5) is 13.7. The Bertz CT molecular complexity index is 1140. The van der Waals surface area contributed by atoms with Crippen LogP contribution in [0.15, 0.2) is 29.2 Å². The highest BCUT2D eigenvalue weighted by atomic mass is 35.5. The molecule has 1 aromatic carbocycles. The van der Waals surface area contributed by atoms with Crippen molar-refractivity contribution in [2.75, 3.05) is 11.1 Å². The minimum absolute atomic E-state index is 0.0490. The largest absolute Gasteiger partial charge is 0.317 e. The van der Waals surface area contributed by atoms with Gasteiger partial charge in [0.1, 0.15) is 11.1 Å². The first-order valence-corrected chi connectivity index (χ1v) is 12.8. The van der Waals surface area contributed by atoms with Gasteiger partial charge in [0.2, 0.25) is 5.91 Å². The molecule has 0 saturated heterocycles. The summed E-state index contributed by atoms with van der Waals surface area (Å²) in [5.41, 5.74) is 0.996. The van der Waals surface area contributed by atoms with E-state index in [-0.39, 0.29) is 40.5 Å². The number of sulfone groups is 1. The van der Waals surface area contributed by atoms with Gasteiger partial charge < -0.3 is 10.6 Å². The van der Waals surface area contributed by atoms with E-state index < -0.39 is 9.84 Å². The molecule has 9 heteroatoms. The van der Waals surface area contributed by atoms with Crippen molar-refractivity contribution in [1.29, 1.82) is 5.26 Å². The van der Waals surface area contributed by atoms with Crippen LogP contribution in [0.5, 0.6) is 0 Å². The molecule has 1 amide bonds. The molecule has 166 valence electrons. The van der Waals surface area contributed by atoms with Gasteiger partial charge in [-0.25, -0.2) is 8.42 Å². The summed E-state index contributed by atoms with van der Waals surface area (Å²) in [7, 11) is -3.49. The van der Waals surface area contributed by atoms with Crippen molar-refractivity contribution in [3.63, 3.8) is 0 Å². The predicted octanol–water partition coefficient (Wildman–Crippen LogP) is 4.63. The van der Waals surface area contributed by atoms with Gasteiger partial charge in [0.15, 0.2) is 9.84 Å². The topological polar surface area (TPSA) is 99.1 Å². The second kappa shape index (κ2) is 8.55. The van der Waals surface area contributed by atoms with Crippen LogP contribution in [-0.4, -0.2) is 25.6 Å². The van der Waals surface area contributed by atoms with Gasteiger partial charge in [-0.15, -0.1) is 11.3 Å². The third-order valence-corrected chi connectivity index (χ3v) is 8.74. The Kier molecular flexibility index (Phi) is 6.55. The molecule has 0 unspecified atom stereocenters. The number of hydrogen-bond acceptors (Lipinski definition) is 6. The van der Waals surface area contributed by atoms with Gasteiger partial charge in [0.25, 0.3) is 0 Å². The summed E-state index contributed by atoms with van der Waals surface area (Å²) in [5.74, 6) is -0.439. The molecule has 6 nitrogen and oxygen atoms in total. The third kappa shape index (κ3) is 5.29. The maximum absolute atomic E-state index is 12.5. The minimum atomic E-state index is -3.49. The lowest BCUT2D eigenvalue weighted by Crippen LogP contribution is -2.54. The van der Waals surface area contributed by atoms with Crippen LogP contribution in [0.25, 0.3) is 0 Å². The Balaban J connectivity index is 1.68. The smallest absolute Gasteiger partial charge is 0.225 e. The maximum atomic E-state index is 12.5. The van der Waals surface area contributed by atoms with Gasteiger partial charge in [-0.05, 0) is 70.4 Å². The molecule has 0 bridgehead atoms. The predicted molar refractivity (Wildman–Crippen MR) is 124 cm³/mol. The maximum Gasteiger partial charge on any atom is 0.225 e. The normalized spacial score (nSPS) is 16.9. The van der Waals surface area contributed by atoms with Crippen LogP contribution in [0.1, 0.15) is 56.5 Å². The molecule has 0 radical (unpaired) electrons. The fraction of sp³-hybridized carbons (Fsp3) is 0.455. The highest BCUT2D eigenvalue weighted by molar-refractivity contribution is 7.91. The third-order valence-electron chi connectivity index (χ3n) is 5.20. The lowest BCUT2D eigenvalue weighted by molar-refractivity contribution is -0.116. The molecule has 2 N–H and O–H groups in total. The van der Waals surface area contributed by atoms with Crippen molar-refractivity contribution in [2.24, 2.45) is 0 Å². The fourth-order valence-corrected chi connectivity index (χ4v) is 6.79. The van der Waals surface area contributed by atoms with E-state index in [9.17, 15) is 18.5 Å². The highest BCUT2D eigenvalue weighted by Gasteiger charge is 2.40. The van der Waals surface area contributed by atoms with Crippen LogP contribution in [0.4, 0.5) is 5.00 Å². The number of nitriles is 1. The summed E-state index contributed by atoms with van der Waals surface area (Å²) >= 11 is 7.22. The zero-order valence-electron chi connectivity index (χ0n) is 18.0. The number of hydrogen-bond donors (Lipinski definition) is 2. The van der Waals surface area contributed by atoms with Crippen LogP contribution < -0.4 is 10.6 Å². The number of carbonyl (C=O) groups excluding carboxylic acids is 1. The number of halogens is 1. The lowest BCUT2D eigenvalue weighted by atomic mass is 9.81. The standard InChI is InChI=1S/C22H26ClN3O3S2/c1-21(2)12-16-17(13-24)20(30-19(16)22(3,4)26-21)25-18(27)6-5-11-31(28,29)15-9-7-14(23)8-10-15/h7-10,26H,5-6,11-12H2,1-4H3,(H,25,27). The van der Waals surface area contributed by atoms with Crippen molar-refractivity contribution >= 4 is 43.7 Å². The van der Waals surface area contributed by atoms with Gasteiger partial charge in [-0.3, -0.25) is 4.79 Å². The Labute approximate surface area is 192 Å². The molecule has 0 spiro atoms. The van der Waals surface area contributed by atoms with E-state index in [1.54, 1.807) is 0 Å². The van der Waals surface area contributed by atoms with E-state index in [1.807, 2.05) is 0 Å². The molecule has 0 aliphatic carbocycles. The van der Waals surface area contributed by atoms with Gasteiger partial charge in [0.05, 0.1) is 16.2 Å². The van der Waals surface area contributed by atoms with Crippen molar-refractivity contribution in [1.82, 2.24) is 5.32 Å². The summed E-state index contributed by atoms with van der Waals surface area (Å²) in [6, 6.07) is 8.23. The van der Waals surface area contributed by atoms with Crippen LogP contribution in [0.3, 0.4) is 0 Å². The number of anilines is 1. The Morgan fingerprint density at radius 3 is 2.52 bits per heavy atom. The molecule has 0 fully saturated rings. The van der Waals surface area contributed by atoms with E-state index in [0.29, 0.717) is 22.0 Å². The fourth-order valence-electron chi connectivity index (χ4n) is 4.11. The van der Waals surface area contributed by atoms with Crippen LogP contribution in [0, 0.1) is 11.3 Å². The molecule has 1 aliphatic rings. The molecular weight excluding hydrogens is 454 g/mol. The summed E-state index contributed by atoms with van der Waals surface area (Å²) in [5, 5.41) is 17.2. The van der Waals surface area contributed by atoms with E-state index >= 15 is 0 Å². The number of fused-ring (bicyclic) bond motifs is 1. The second-order valence-electron chi connectivity index (χ2n) is 8.96. The van der Waals surface area contributed by atoms with Gasteiger partial charge in [-0.2, -0.15) is 5.26 Å². The SMILES string of the molecule is CC1(C)Cc2c(sc(NC(=O)CCCS(=O)(=O)c3ccc(Cl)cc3)c2C#N)C(C)(C)N1. The van der Waals surface area contributed by atoms with Crippen LogP contribution in [-0.2, 0) is 26.6 Å². The van der Waals surface area contributed by atoms with Crippen molar-refractivity contribution in [3.8, 4) is 6.07 Å². The lowest BCUT2D eigenvalue weighted by Gasteiger charge is -2.42. The van der Waals surface area contributed by atoms with E-state index in [1.165, 1.54) is 35.6 Å². The average Bonchev–Trinajstić information content (AvgIpc) is 2.97. The second-order valence-corrected chi connectivity index (χ2v) is 12.5. The van der Waals surface area contributed by atoms with E-state index in [4.69, 9.17) is 11.6 Å². The first kappa shape index (κ1) is 23.7. The molecule has 3 rings (SSSR count). The monoisotopic (exact) mass is 479 g/mol. The Hall–Kier alpha value is -1.92. The van der Waals surface area contributed by atoms with E-state index in [2.05, 4.69) is 44.4 Å². The highest BCUT2D eigenvalue weighted by Crippen LogP contribution is 2.44. The first-order valence-electron chi connectivity index (χ1n) is 9.98. The number of benzene rings is 1. The molecule has 0 atom stereocenters. The molecule has 2 heterocycles. The van der Waals surface area contributed by atoms with E-state index in [0.717, 1.165) is 10.4 Å². The number of amides is 1. The zero-order valence-corrected chi connectivity index (χ0v) is 20.4. The molecule has 31 heavy (non-hydrogen) atoms. The first-order chi connectivity index (χ1) is 14.3. The quantitative estimate of drug-likeness (QED) is 0.629. The number of nitrogens with zero attached hydrogens (tertiary/aromatic N) is 1. The number of thiophene rings is 1. The van der Waals surface area contributed by atoms with Gasteiger partial charge in [-0.1, -0.05) is 11.6 Å². The zero-order chi connectivity index (χ0) is 23.0. The van der Waals surface area contributed by atoms with Crippen LogP contribution in [0.2, 0.25) is 5.02 Å². The van der Waals surface area contributed by atoms with Gasteiger partial charge in [0, 0.05) is 27.4 Å². The van der Waals surface area contributed by atoms with Crippen molar-refractivity contribution in [2.45, 2.75) is 62.9 Å².